The first-order valence-corrected chi connectivity index (χ1v) is 8.46. The van der Waals surface area contributed by atoms with Crippen molar-refractivity contribution >= 4 is 10.0 Å². The van der Waals surface area contributed by atoms with Gasteiger partial charge in [-0.2, -0.15) is 4.31 Å². The molecule has 5 nitrogen and oxygen atoms in total. The van der Waals surface area contributed by atoms with Gasteiger partial charge in [-0.3, -0.25) is 0 Å². The van der Waals surface area contributed by atoms with Crippen LogP contribution in [0.25, 0.3) is 0 Å². The van der Waals surface area contributed by atoms with Crippen LogP contribution in [0.1, 0.15) is 33.6 Å². The Morgan fingerprint density at radius 1 is 1.33 bits per heavy atom. The van der Waals surface area contributed by atoms with Gasteiger partial charge in [0.2, 0.25) is 10.0 Å². The van der Waals surface area contributed by atoms with Crippen molar-refractivity contribution in [3.05, 3.63) is 0 Å². The molecular weight excluding hydrogens is 250 g/mol. The van der Waals surface area contributed by atoms with Crippen molar-refractivity contribution in [3.63, 3.8) is 0 Å². The lowest BCUT2D eigenvalue weighted by Crippen LogP contribution is -2.51. The second-order valence-corrected chi connectivity index (χ2v) is 7.90. The summed E-state index contributed by atoms with van der Waals surface area (Å²) >= 11 is 0. The van der Waals surface area contributed by atoms with E-state index in [1.807, 2.05) is 20.8 Å². The molecule has 6 heteroatoms. The molecule has 0 radical (unpaired) electrons. The average molecular weight is 277 g/mol. The van der Waals surface area contributed by atoms with Crippen molar-refractivity contribution in [3.8, 4) is 0 Å². The smallest absolute Gasteiger partial charge is 0.211 e. The predicted molar refractivity (Wildman–Crippen MR) is 75.0 cm³/mol. The fraction of sp³-hybridized carbons (Fsp3) is 1.00. The van der Waals surface area contributed by atoms with Gasteiger partial charge in [0.25, 0.3) is 0 Å². The Bertz CT molecular complexity index is 354. The lowest BCUT2D eigenvalue weighted by molar-refractivity contribution is 0.142. The van der Waals surface area contributed by atoms with Crippen LogP contribution in [0.2, 0.25) is 0 Å². The molecule has 1 heterocycles. The predicted octanol–water partition coefficient (Wildman–Crippen LogP) is 0.470. The zero-order chi connectivity index (χ0) is 14.0. The molecule has 0 aromatic rings. The summed E-state index contributed by atoms with van der Waals surface area (Å²) in [6.07, 6.45) is 3.10. The molecule has 0 atom stereocenters. The van der Waals surface area contributed by atoms with Gasteiger partial charge in [0.05, 0.1) is 6.26 Å². The van der Waals surface area contributed by atoms with E-state index in [1.165, 1.54) is 6.26 Å². The second-order valence-electron chi connectivity index (χ2n) is 5.96. The molecule has 0 unspecified atom stereocenters. The molecule has 18 heavy (non-hydrogen) atoms. The topological polar surface area (TPSA) is 66.6 Å². The maximum absolute atomic E-state index is 11.7. The fourth-order valence-electron chi connectivity index (χ4n) is 2.71. The van der Waals surface area contributed by atoms with Gasteiger partial charge in [-0.05, 0) is 39.8 Å². The van der Waals surface area contributed by atoms with E-state index >= 15 is 0 Å². The second kappa shape index (κ2) is 5.86. The van der Waals surface area contributed by atoms with Gasteiger partial charge in [-0.25, -0.2) is 8.42 Å². The Balaban J connectivity index is 2.53. The maximum Gasteiger partial charge on any atom is 0.211 e. The van der Waals surface area contributed by atoms with Crippen LogP contribution in [-0.2, 0) is 10.0 Å². The molecule has 0 aromatic carbocycles. The van der Waals surface area contributed by atoms with Gasteiger partial charge in [0.15, 0.2) is 0 Å². The molecule has 1 rings (SSSR count). The summed E-state index contributed by atoms with van der Waals surface area (Å²) in [6.45, 7) is 9.23. The van der Waals surface area contributed by atoms with Gasteiger partial charge >= 0.3 is 0 Å². The van der Waals surface area contributed by atoms with Crippen LogP contribution in [0.3, 0.4) is 0 Å². The Hall–Kier alpha value is -0.170. The van der Waals surface area contributed by atoms with Crippen LogP contribution in [0, 0.1) is 0 Å². The molecule has 0 aliphatic carbocycles. The van der Waals surface area contributed by atoms with E-state index < -0.39 is 10.0 Å². The number of nitrogens with zero attached hydrogens (tertiary/aromatic N) is 2. The van der Waals surface area contributed by atoms with Crippen molar-refractivity contribution in [2.24, 2.45) is 5.73 Å². The van der Waals surface area contributed by atoms with Crippen molar-refractivity contribution < 1.29 is 8.42 Å². The monoisotopic (exact) mass is 277 g/mol. The molecule has 1 aliphatic rings. The van der Waals surface area contributed by atoms with Crippen LogP contribution in [0.4, 0.5) is 0 Å². The number of hydrogen-bond donors (Lipinski definition) is 1. The molecular formula is C12H27N3O2S. The summed E-state index contributed by atoms with van der Waals surface area (Å²) in [5, 5.41) is 0. The highest BCUT2D eigenvalue weighted by molar-refractivity contribution is 7.88. The van der Waals surface area contributed by atoms with E-state index in [0.29, 0.717) is 6.54 Å². The first-order chi connectivity index (χ1) is 8.13. The minimum absolute atomic E-state index is 0.155. The van der Waals surface area contributed by atoms with Crippen LogP contribution in [-0.4, -0.2) is 61.6 Å². The van der Waals surface area contributed by atoms with Gasteiger partial charge in [-0.1, -0.05) is 6.92 Å². The lowest BCUT2D eigenvalue weighted by atomic mass is 10.0. The summed E-state index contributed by atoms with van der Waals surface area (Å²) < 4.78 is 25.0. The number of sulfonamides is 1. The average Bonchev–Trinajstić information content (AvgIpc) is 2.17. The number of hydrogen-bond acceptors (Lipinski definition) is 4. The van der Waals surface area contributed by atoms with Crippen molar-refractivity contribution in [2.45, 2.75) is 45.2 Å². The molecule has 1 aliphatic heterocycles. The van der Waals surface area contributed by atoms with E-state index in [-0.39, 0.29) is 11.6 Å². The minimum Gasteiger partial charge on any atom is -0.324 e. The summed E-state index contributed by atoms with van der Waals surface area (Å²) in [7, 11) is -3.08. The van der Waals surface area contributed by atoms with Gasteiger partial charge in [-0.15, -0.1) is 0 Å². The molecule has 0 saturated carbocycles. The van der Waals surface area contributed by atoms with E-state index in [4.69, 9.17) is 5.73 Å². The van der Waals surface area contributed by atoms with E-state index in [0.717, 1.165) is 32.5 Å². The van der Waals surface area contributed by atoms with Crippen molar-refractivity contribution in [1.29, 1.82) is 0 Å². The molecule has 1 saturated heterocycles. The minimum atomic E-state index is -3.08. The zero-order valence-electron chi connectivity index (χ0n) is 12.0. The first-order valence-electron chi connectivity index (χ1n) is 6.61. The fourth-order valence-corrected chi connectivity index (χ4v) is 3.93. The largest absolute Gasteiger partial charge is 0.324 e. The quantitative estimate of drug-likeness (QED) is 0.793. The number of piperidine rings is 1. The van der Waals surface area contributed by atoms with Crippen molar-refractivity contribution in [2.75, 3.05) is 32.4 Å². The van der Waals surface area contributed by atoms with Crippen LogP contribution >= 0.6 is 0 Å². The third-order valence-electron chi connectivity index (χ3n) is 3.33. The molecule has 0 amide bonds. The highest BCUT2D eigenvalue weighted by atomic mass is 32.2. The SMILES string of the molecule is CCN(C1CCN(CC(C)(C)N)CC1)S(C)(=O)=O. The normalized spacial score (nSPS) is 20.6. The summed E-state index contributed by atoms with van der Waals surface area (Å²) in [5.41, 5.74) is 5.82. The molecule has 1 fully saturated rings. The molecule has 108 valence electrons. The number of rotatable bonds is 5. The highest BCUT2D eigenvalue weighted by Gasteiger charge is 2.30. The molecule has 2 N–H and O–H groups in total. The molecule has 0 aromatic heterocycles. The van der Waals surface area contributed by atoms with E-state index in [1.54, 1.807) is 4.31 Å². The molecule has 0 spiro atoms. The third-order valence-corrected chi connectivity index (χ3v) is 4.74. The zero-order valence-corrected chi connectivity index (χ0v) is 12.8. The Morgan fingerprint density at radius 2 is 1.83 bits per heavy atom. The van der Waals surface area contributed by atoms with E-state index in [9.17, 15) is 8.42 Å². The number of likely N-dealkylation sites (tertiary alicyclic amines) is 1. The Morgan fingerprint density at radius 3 is 2.17 bits per heavy atom. The third kappa shape index (κ3) is 4.84. The summed E-state index contributed by atoms with van der Waals surface area (Å²) in [4.78, 5) is 2.33. The van der Waals surface area contributed by atoms with Gasteiger partial charge in [0.1, 0.15) is 0 Å². The lowest BCUT2D eigenvalue weighted by Gasteiger charge is -2.39. The van der Waals surface area contributed by atoms with Crippen LogP contribution in [0.5, 0.6) is 0 Å². The Kier molecular flexibility index (Phi) is 5.17. The van der Waals surface area contributed by atoms with Crippen molar-refractivity contribution in [1.82, 2.24) is 9.21 Å². The van der Waals surface area contributed by atoms with Crippen LogP contribution in [0.15, 0.2) is 0 Å². The van der Waals surface area contributed by atoms with Crippen LogP contribution < -0.4 is 5.73 Å². The molecule has 0 bridgehead atoms. The summed E-state index contributed by atoms with van der Waals surface area (Å²) in [6, 6.07) is 0.155. The van der Waals surface area contributed by atoms with E-state index in [2.05, 4.69) is 4.90 Å². The standard InChI is InChI=1S/C12H27N3O2S/c1-5-15(18(4,16)17)11-6-8-14(9-7-11)10-12(2,3)13/h11H,5-10,13H2,1-4H3. The van der Waals surface area contributed by atoms with Gasteiger partial charge in [0, 0.05) is 24.7 Å². The number of nitrogens with two attached hydrogens (primary N) is 1. The Labute approximate surface area is 111 Å². The summed E-state index contributed by atoms with van der Waals surface area (Å²) in [5.74, 6) is 0. The van der Waals surface area contributed by atoms with Gasteiger partial charge < -0.3 is 10.6 Å². The highest BCUT2D eigenvalue weighted by Crippen LogP contribution is 2.19. The first kappa shape index (κ1) is 15.9. The maximum atomic E-state index is 11.7.